The van der Waals surface area contributed by atoms with E-state index in [-0.39, 0.29) is 0 Å². The third kappa shape index (κ3) is 2.29. The SMILES string of the molecule is CC1CCC(C(=O)N2CCCC3CNCC32)CC1. The fourth-order valence-electron chi connectivity index (χ4n) is 4.08. The van der Waals surface area contributed by atoms with Crippen LogP contribution < -0.4 is 5.32 Å². The molecule has 0 radical (unpaired) electrons. The number of nitrogens with one attached hydrogen (secondary N) is 1. The number of carbonyl (C=O) groups excluding carboxylic acids is 1. The number of amides is 1. The largest absolute Gasteiger partial charge is 0.338 e. The standard InChI is InChI=1S/C15H26N2O/c1-11-4-6-12(7-5-11)15(18)17-8-2-3-13-9-16-10-14(13)17/h11-14,16H,2-10H2,1H3. The molecule has 1 N–H and O–H groups in total. The molecule has 3 fully saturated rings. The van der Waals surface area contributed by atoms with Crippen molar-refractivity contribution in [3.8, 4) is 0 Å². The lowest BCUT2D eigenvalue weighted by Gasteiger charge is -2.40. The van der Waals surface area contributed by atoms with Crippen LogP contribution in [0, 0.1) is 17.8 Å². The maximum atomic E-state index is 12.7. The average molecular weight is 250 g/mol. The zero-order chi connectivity index (χ0) is 12.5. The van der Waals surface area contributed by atoms with Gasteiger partial charge < -0.3 is 10.2 Å². The van der Waals surface area contributed by atoms with Gasteiger partial charge in [0.15, 0.2) is 0 Å². The van der Waals surface area contributed by atoms with Gasteiger partial charge in [-0.1, -0.05) is 6.92 Å². The summed E-state index contributed by atoms with van der Waals surface area (Å²) in [5, 5.41) is 3.47. The molecular weight excluding hydrogens is 224 g/mol. The molecule has 1 aliphatic carbocycles. The number of piperidine rings is 1. The van der Waals surface area contributed by atoms with Crippen LogP contribution in [0.2, 0.25) is 0 Å². The van der Waals surface area contributed by atoms with Crippen molar-refractivity contribution in [1.82, 2.24) is 10.2 Å². The Bertz CT molecular complexity index is 310. The summed E-state index contributed by atoms with van der Waals surface area (Å²) in [5.74, 6) is 2.36. The summed E-state index contributed by atoms with van der Waals surface area (Å²) in [7, 11) is 0. The Morgan fingerprint density at radius 3 is 2.67 bits per heavy atom. The van der Waals surface area contributed by atoms with Crippen molar-refractivity contribution in [3.05, 3.63) is 0 Å². The number of nitrogens with zero attached hydrogens (tertiary/aromatic N) is 1. The smallest absolute Gasteiger partial charge is 0.225 e. The van der Waals surface area contributed by atoms with Crippen molar-refractivity contribution in [2.75, 3.05) is 19.6 Å². The molecule has 0 spiro atoms. The molecule has 2 atom stereocenters. The molecule has 3 rings (SSSR count). The molecule has 102 valence electrons. The van der Waals surface area contributed by atoms with Gasteiger partial charge in [0, 0.05) is 31.6 Å². The molecular formula is C15H26N2O. The first-order valence-electron chi connectivity index (χ1n) is 7.77. The third-order valence-electron chi connectivity index (χ3n) is 5.33. The van der Waals surface area contributed by atoms with E-state index in [1.165, 1.54) is 25.7 Å². The van der Waals surface area contributed by atoms with E-state index in [1.807, 2.05) is 0 Å². The van der Waals surface area contributed by atoms with Gasteiger partial charge in [-0.15, -0.1) is 0 Å². The third-order valence-corrected chi connectivity index (χ3v) is 5.33. The Kier molecular flexibility index (Phi) is 3.60. The van der Waals surface area contributed by atoms with E-state index in [4.69, 9.17) is 0 Å². The first-order chi connectivity index (χ1) is 8.75. The number of rotatable bonds is 1. The predicted octanol–water partition coefficient (Wildman–Crippen LogP) is 2.02. The van der Waals surface area contributed by atoms with Crippen LogP contribution in [0.3, 0.4) is 0 Å². The summed E-state index contributed by atoms with van der Waals surface area (Å²) in [4.78, 5) is 14.9. The van der Waals surface area contributed by atoms with Crippen molar-refractivity contribution in [3.63, 3.8) is 0 Å². The molecule has 0 aromatic heterocycles. The van der Waals surface area contributed by atoms with Crippen LogP contribution in [0.1, 0.15) is 45.4 Å². The molecule has 1 amide bonds. The van der Waals surface area contributed by atoms with Crippen LogP contribution >= 0.6 is 0 Å². The Morgan fingerprint density at radius 2 is 1.89 bits per heavy atom. The van der Waals surface area contributed by atoms with E-state index in [9.17, 15) is 4.79 Å². The molecule has 1 saturated carbocycles. The van der Waals surface area contributed by atoms with Gasteiger partial charge in [0.25, 0.3) is 0 Å². The van der Waals surface area contributed by atoms with E-state index in [0.717, 1.165) is 44.3 Å². The van der Waals surface area contributed by atoms with Crippen molar-refractivity contribution >= 4 is 5.91 Å². The van der Waals surface area contributed by atoms with Crippen molar-refractivity contribution in [1.29, 1.82) is 0 Å². The summed E-state index contributed by atoms with van der Waals surface area (Å²) >= 11 is 0. The molecule has 0 bridgehead atoms. The molecule has 0 aromatic rings. The second-order valence-electron chi connectivity index (χ2n) is 6.62. The molecule has 2 aliphatic heterocycles. The monoisotopic (exact) mass is 250 g/mol. The fraction of sp³-hybridized carbons (Fsp3) is 0.933. The highest BCUT2D eigenvalue weighted by molar-refractivity contribution is 5.79. The van der Waals surface area contributed by atoms with Crippen LogP contribution in [0.5, 0.6) is 0 Å². The van der Waals surface area contributed by atoms with Crippen LogP contribution in [0.25, 0.3) is 0 Å². The maximum absolute atomic E-state index is 12.7. The maximum Gasteiger partial charge on any atom is 0.225 e. The first-order valence-corrected chi connectivity index (χ1v) is 7.77. The number of likely N-dealkylation sites (tertiary alicyclic amines) is 1. The van der Waals surface area contributed by atoms with Gasteiger partial charge in [0.2, 0.25) is 5.91 Å². The minimum Gasteiger partial charge on any atom is -0.338 e. The molecule has 3 aliphatic rings. The van der Waals surface area contributed by atoms with Gasteiger partial charge >= 0.3 is 0 Å². The molecule has 3 heteroatoms. The van der Waals surface area contributed by atoms with Gasteiger partial charge in [-0.05, 0) is 50.4 Å². The van der Waals surface area contributed by atoms with E-state index >= 15 is 0 Å². The molecule has 3 nitrogen and oxygen atoms in total. The highest BCUT2D eigenvalue weighted by atomic mass is 16.2. The number of hydrogen-bond acceptors (Lipinski definition) is 2. The zero-order valence-corrected chi connectivity index (χ0v) is 11.5. The van der Waals surface area contributed by atoms with Crippen molar-refractivity contribution in [2.45, 2.75) is 51.5 Å². The Labute approximate surface area is 110 Å². The summed E-state index contributed by atoms with van der Waals surface area (Å²) < 4.78 is 0. The number of fused-ring (bicyclic) bond motifs is 1. The van der Waals surface area contributed by atoms with E-state index in [0.29, 0.717) is 17.9 Å². The first kappa shape index (κ1) is 12.5. The number of hydrogen-bond donors (Lipinski definition) is 1. The molecule has 18 heavy (non-hydrogen) atoms. The second kappa shape index (κ2) is 5.20. The Hall–Kier alpha value is -0.570. The van der Waals surface area contributed by atoms with E-state index in [2.05, 4.69) is 17.1 Å². The summed E-state index contributed by atoms with van der Waals surface area (Å²) in [6.07, 6.45) is 7.26. The average Bonchev–Trinajstić information content (AvgIpc) is 2.87. The zero-order valence-electron chi connectivity index (χ0n) is 11.5. The van der Waals surface area contributed by atoms with Crippen LogP contribution in [-0.2, 0) is 4.79 Å². The van der Waals surface area contributed by atoms with E-state index < -0.39 is 0 Å². The molecule has 0 aromatic carbocycles. The van der Waals surface area contributed by atoms with Crippen molar-refractivity contribution in [2.24, 2.45) is 17.8 Å². The fourth-order valence-corrected chi connectivity index (χ4v) is 4.08. The minimum absolute atomic E-state index is 0.334. The summed E-state index contributed by atoms with van der Waals surface area (Å²) in [6, 6.07) is 0.505. The topological polar surface area (TPSA) is 32.3 Å². The minimum atomic E-state index is 0.334. The summed E-state index contributed by atoms with van der Waals surface area (Å²) in [6.45, 7) is 5.47. The second-order valence-corrected chi connectivity index (χ2v) is 6.62. The molecule has 2 heterocycles. The molecule has 2 unspecified atom stereocenters. The molecule has 2 saturated heterocycles. The predicted molar refractivity (Wildman–Crippen MR) is 72.2 cm³/mol. The van der Waals surface area contributed by atoms with Gasteiger partial charge in [-0.3, -0.25) is 4.79 Å². The normalized spacial score (nSPS) is 40.6. The van der Waals surface area contributed by atoms with Crippen molar-refractivity contribution < 1.29 is 4.79 Å². The van der Waals surface area contributed by atoms with Crippen LogP contribution in [0.4, 0.5) is 0 Å². The quantitative estimate of drug-likeness (QED) is 0.772. The lowest BCUT2D eigenvalue weighted by Crippen LogP contribution is -2.50. The van der Waals surface area contributed by atoms with Gasteiger partial charge in [0.1, 0.15) is 0 Å². The Morgan fingerprint density at radius 1 is 1.11 bits per heavy atom. The van der Waals surface area contributed by atoms with Crippen LogP contribution in [-0.4, -0.2) is 36.5 Å². The van der Waals surface area contributed by atoms with Gasteiger partial charge in [-0.2, -0.15) is 0 Å². The lowest BCUT2D eigenvalue weighted by atomic mass is 9.81. The van der Waals surface area contributed by atoms with Gasteiger partial charge in [0.05, 0.1) is 0 Å². The van der Waals surface area contributed by atoms with Gasteiger partial charge in [-0.25, -0.2) is 0 Å². The Balaban J connectivity index is 1.64. The number of carbonyl (C=O) groups is 1. The van der Waals surface area contributed by atoms with Crippen LogP contribution in [0.15, 0.2) is 0 Å². The highest BCUT2D eigenvalue weighted by Gasteiger charge is 2.39. The summed E-state index contributed by atoms with van der Waals surface area (Å²) in [5.41, 5.74) is 0. The highest BCUT2D eigenvalue weighted by Crippen LogP contribution is 2.33. The van der Waals surface area contributed by atoms with E-state index in [1.54, 1.807) is 0 Å². The lowest BCUT2D eigenvalue weighted by molar-refractivity contribution is -0.141.